The highest BCUT2D eigenvalue weighted by atomic mass is 16.5. The summed E-state index contributed by atoms with van der Waals surface area (Å²) in [5, 5.41) is 6.75. The number of carbonyl (C=O) groups is 1. The maximum absolute atomic E-state index is 11.2. The first-order chi connectivity index (χ1) is 7.08. The fraction of sp³-hybridized carbons (Fsp3) is 0.600. The molecule has 1 aromatic rings. The van der Waals surface area contributed by atoms with Crippen molar-refractivity contribution in [3.8, 4) is 5.75 Å². The maximum atomic E-state index is 11.2. The van der Waals surface area contributed by atoms with E-state index < -0.39 is 0 Å². The smallest absolute Gasteiger partial charge is 0.223 e. The second kappa shape index (κ2) is 5.38. The molecule has 1 heterocycles. The van der Waals surface area contributed by atoms with Crippen LogP contribution in [0.1, 0.15) is 20.3 Å². The molecule has 1 N–H and O–H groups in total. The van der Waals surface area contributed by atoms with Gasteiger partial charge >= 0.3 is 0 Å². The van der Waals surface area contributed by atoms with Gasteiger partial charge in [-0.05, 0) is 13.8 Å². The Morgan fingerprint density at radius 1 is 1.67 bits per heavy atom. The van der Waals surface area contributed by atoms with Gasteiger partial charge in [-0.1, -0.05) is 0 Å². The van der Waals surface area contributed by atoms with Crippen LogP contribution in [0.2, 0.25) is 0 Å². The molecule has 0 saturated heterocycles. The Balaban J connectivity index is 2.19. The largest absolute Gasteiger partial charge is 0.490 e. The predicted octanol–water partition coefficient (Wildman–Crippen LogP) is 0.714. The Labute approximate surface area is 89.4 Å². The van der Waals surface area contributed by atoms with E-state index in [-0.39, 0.29) is 11.9 Å². The Bertz CT molecular complexity index is 320. The molecule has 0 aliphatic rings. The number of aromatic nitrogens is 2. The number of aryl methyl sites for hydroxylation is 1. The quantitative estimate of drug-likeness (QED) is 0.780. The van der Waals surface area contributed by atoms with Gasteiger partial charge in [0.15, 0.2) is 5.75 Å². The molecule has 15 heavy (non-hydrogen) atoms. The third kappa shape index (κ3) is 4.49. The van der Waals surface area contributed by atoms with Gasteiger partial charge in [0.25, 0.3) is 0 Å². The third-order valence-electron chi connectivity index (χ3n) is 1.73. The van der Waals surface area contributed by atoms with Crippen molar-refractivity contribution in [3.05, 3.63) is 12.4 Å². The van der Waals surface area contributed by atoms with Crippen LogP contribution in [-0.4, -0.2) is 28.3 Å². The molecule has 0 aliphatic carbocycles. The summed E-state index contributed by atoms with van der Waals surface area (Å²) in [6, 6.07) is 0.177. The van der Waals surface area contributed by atoms with E-state index in [2.05, 4.69) is 10.4 Å². The molecule has 0 radical (unpaired) electrons. The van der Waals surface area contributed by atoms with Crippen molar-refractivity contribution in [2.45, 2.75) is 26.3 Å². The molecule has 0 atom stereocenters. The minimum absolute atomic E-state index is 0.00823. The molecule has 1 aromatic heterocycles. The van der Waals surface area contributed by atoms with Gasteiger partial charge in [0.05, 0.1) is 25.4 Å². The van der Waals surface area contributed by atoms with Crippen LogP contribution in [-0.2, 0) is 11.8 Å². The minimum atomic E-state index is 0.00823. The number of nitrogens with one attached hydrogen (secondary N) is 1. The highest BCUT2D eigenvalue weighted by Crippen LogP contribution is 2.06. The molecule has 1 amide bonds. The summed E-state index contributed by atoms with van der Waals surface area (Å²) in [7, 11) is 1.82. The van der Waals surface area contributed by atoms with Crippen molar-refractivity contribution in [1.82, 2.24) is 15.1 Å². The van der Waals surface area contributed by atoms with Crippen molar-refractivity contribution >= 4 is 5.91 Å². The second-order valence-corrected chi connectivity index (χ2v) is 3.67. The Kier molecular flexibility index (Phi) is 4.15. The predicted molar refractivity (Wildman–Crippen MR) is 56.6 cm³/mol. The zero-order valence-corrected chi connectivity index (χ0v) is 9.36. The average molecular weight is 211 g/mol. The number of nitrogens with zero attached hydrogens (tertiary/aromatic N) is 2. The lowest BCUT2D eigenvalue weighted by Gasteiger charge is -2.08. The maximum Gasteiger partial charge on any atom is 0.223 e. The molecular weight excluding hydrogens is 194 g/mol. The first-order valence-corrected chi connectivity index (χ1v) is 4.98. The number of carbonyl (C=O) groups excluding carboxylic acids is 1. The van der Waals surface area contributed by atoms with Gasteiger partial charge in [-0.2, -0.15) is 5.10 Å². The van der Waals surface area contributed by atoms with Crippen LogP contribution in [0.25, 0.3) is 0 Å². The lowest BCUT2D eigenvalue weighted by atomic mass is 10.3. The number of amides is 1. The van der Waals surface area contributed by atoms with Gasteiger partial charge in [-0.15, -0.1) is 0 Å². The number of hydrogen-bond donors (Lipinski definition) is 1. The van der Waals surface area contributed by atoms with E-state index in [1.54, 1.807) is 17.1 Å². The molecule has 84 valence electrons. The zero-order chi connectivity index (χ0) is 11.3. The number of rotatable bonds is 5. The van der Waals surface area contributed by atoms with Crippen molar-refractivity contribution in [2.24, 2.45) is 7.05 Å². The van der Waals surface area contributed by atoms with Crippen LogP contribution in [0.3, 0.4) is 0 Å². The van der Waals surface area contributed by atoms with Crippen LogP contribution < -0.4 is 10.1 Å². The van der Waals surface area contributed by atoms with Gasteiger partial charge in [0.1, 0.15) is 0 Å². The molecular formula is C10H17N3O2. The molecule has 0 aromatic carbocycles. The molecule has 1 rings (SSSR count). The molecule has 0 spiro atoms. The van der Waals surface area contributed by atoms with Crippen molar-refractivity contribution < 1.29 is 9.53 Å². The van der Waals surface area contributed by atoms with Gasteiger partial charge in [0, 0.05) is 13.1 Å². The second-order valence-electron chi connectivity index (χ2n) is 3.67. The molecule has 0 aliphatic heterocycles. The molecule has 5 nitrogen and oxygen atoms in total. The highest BCUT2D eigenvalue weighted by molar-refractivity contribution is 5.76. The molecule has 5 heteroatoms. The number of hydrogen-bond acceptors (Lipinski definition) is 3. The van der Waals surface area contributed by atoms with E-state index >= 15 is 0 Å². The molecule has 0 saturated carbocycles. The summed E-state index contributed by atoms with van der Waals surface area (Å²) in [4.78, 5) is 11.2. The molecule has 0 unspecified atom stereocenters. The van der Waals surface area contributed by atoms with Gasteiger partial charge in [-0.25, -0.2) is 0 Å². The normalized spacial score (nSPS) is 10.4. The monoisotopic (exact) mass is 211 g/mol. The first kappa shape index (κ1) is 11.6. The van der Waals surface area contributed by atoms with E-state index in [9.17, 15) is 4.79 Å². The van der Waals surface area contributed by atoms with Crippen molar-refractivity contribution in [1.29, 1.82) is 0 Å². The highest BCUT2D eigenvalue weighted by Gasteiger charge is 2.03. The lowest BCUT2D eigenvalue weighted by Crippen LogP contribution is -2.31. The van der Waals surface area contributed by atoms with Crippen LogP contribution in [0.5, 0.6) is 5.75 Å². The Hall–Kier alpha value is -1.52. The Morgan fingerprint density at radius 2 is 2.40 bits per heavy atom. The van der Waals surface area contributed by atoms with E-state index in [1.807, 2.05) is 20.9 Å². The van der Waals surface area contributed by atoms with Gasteiger partial charge in [0.2, 0.25) is 5.91 Å². The van der Waals surface area contributed by atoms with E-state index in [0.29, 0.717) is 18.8 Å². The van der Waals surface area contributed by atoms with Crippen LogP contribution in [0.15, 0.2) is 12.4 Å². The number of ether oxygens (including phenoxy) is 1. The molecule has 0 fully saturated rings. The van der Waals surface area contributed by atoms with Crippen molar-refractivity contribution in [2.75, 3.05) is 6.61 Å². The van der Waals surface area contributed by atoms with Crippen LogP contribution >= 0.6 is 0 Å². The summed E-state index contributed by atoms with van der Waals surface area (Å²) in [5.41, 5.74) is 0. The zero-order valence-electron chi connectivity index (χ0n) is 9.36. The van der Waals surface area contributed by atoms with Crippen molar-refractivity contribution in [3.63, 3.8) is 0 Å². The first-order valence-electron chi connectivity index (χ1n) is 4.98. The molecule has 0 bridgehead atoms. The van der Waals surface area contributed by atoms with E-state index in [4.69, 9.17) is 4.74 Å². The fourth-order valence-electron chi connectivity index (χ4n) is 1.13. The van der Waals surface area contributed by atoms with E-state index in [0.717, 1.165) is 0 Å². The summed E-state index contributed by atoms with van der Waals surface area (Å²) < 4.78 is 6.99. The summed E-state index contributed by atoms with van der Waals surface area (Å²) >= 11 is 0. The third-order valence-corrected chi connectivity index (χ3v) is 1.73. The lowest BCUT2D eigenvalue weighted by molar-refractivity contribution is -0.122. The van der Waals surface area contributed by atoms with E-state index in [1.165, 1.54) is 0 Å². The van der Waals surface area contributed by atoms with Gasteiger partial charge < -0.3 is 10.1 Å². The Morgan fingerprint density at radius 3 is 2.93 bits per heavy atom. The standard InChI is InChI=1S/C10H17N3O2/c1-8(2)12-10(14)4-5-15-9-6-11-13(3)7-9/h6-8H,4-5H2,1-3H3,(H,12,14). The van der Waals surface area contributed by atoms with Crippen LogP contribution in [0.4, 0.5) is 0 Å². The minimum Gasteiger partial charge on any atom is -0.490 e. The summed E-state index contributed by atoms with van der Waals surface area (Å²) in [5.74, 6) is 0.698. The SMILES string of the molecule is CC(C)NC(=O)CCOc1cnn(C)c1. The van der Waals surface area contributed by atoms with Gasteiger partial charge in [-0.3, -0.25) is 9.48 Å². The average Bonchev–Trinajstić information content (AvgIpc) is 2.50. The van der Waals surface area contributed by atoms with Crippen LogP contribution in [0, 0.1) is 0 Å². The fourth-order valence-corrected chi connectivity index (χ4v) is 1.13. The summed E-state index contributed by atoms with van der Waals surface area (Å²) in [6.07, 6.45) is 3.76. The topological polar surface area (TPSA) is 56.1 Å². The summed E-state index contributed by atoms with van der Waals surface area (Å²) in [6.45, 7) is 4.24.